The zero-order valence-electron chi connectivity index (χ0n) is 11.1. The molecule has 0 radical (unpaired) electrons. The van der Waals surface area contributed by atoms with Gasteiger partial charge in [-0.05, 0) is 0 Å². The number of carbonyl (C=O) groups is 3. The average Bonchev–Trinajstić information content (AvgIpc) is 2.36. The summed E-state index contributed by atoms with van der Waals surface area (Å²) < 4.78 is 14.3. The number of hydrogen-bond donors (Lipinski definition) is 2. The minimum absolute atomic E-state index is 0.641. The Hall–Kier alpha value is -1.15. The van der Waals surface area contributed by atoms with E-state index in [0.29, 0.717) is 0 Å². The molecule has 8 nitrogen and oxygen atoms in total. The van der Waals surface area contributed by atoms with Crippen LogP contribution in [0.25, 0.3) is 0 Å². The van der Waals surface area contributed by atoms with Crippen molar-refractivity contribution in [1.29, 1.82) is 0 Å². The predicted molar refractivity (Wildman–Crippen MR) is 64.6 cm³/mol. The standard InChI is InChI=1S/C11H16O8Se/c1-4(12)18-8-6(14)9(10(16)17-3)20-11(7(8)15)19-5(2)13/h6-9,11,14-15H,1-3H3/t6-,7-,8-,9?,11-/m1/s1. The van der Waals surface area contributed by atoms with E-state index in [2.05, 4.69) is 4.74 Å². The molecule has 0 aromatic carbocycles. The summed E-state index contributed by atoms with van der Waals surface area (Å²) in [5.74, 6) is -2.08. The van der Waals surface area contributed by atoms with Crippen molar-refractivity contribution in [2.24, 2.45) is 0 Å². The van der Waals surface area contributed by atoms with Crippen LogP contribution >= 0.6 is 0 Å². The number of rotatable bonds is 3. The second-order valence-corrected chi connectivity index (χ2v) is 6.72. The first-order valence-electron chi connectivity index (χ1n) is 5.71. The number of ether oxygens (including phenoxy) is 3. The van der Waals surface area contributed by atoms with Gasteiger partial charge >= 0.3 is 121 Å². The molecule has 1 fully saturated rings. The van der Waals surface area contributed by atoms with Crippen LogP contribution < -0.4 is 0 Å². The molecule has 114 valence electrons. The summed E-state index contributed by atoms with van der Waals surface area (Å²) in [6, 6.07) is 0. The topological polar surface area (TPSA) is 119 Å². The quantitative estimate of drug-likeness (QED) is 0.346. The van der Waals surface area contributed by atoms with E-state index >= 15 is 0 Å². The van der Waals surface area contributed by atoms with Gasteiger partial charge in [-0.15, -0.1) is 0 Å². The summed E-state index contributed by atoms with van der Waals surface area (Å²) in [4.78, 5) is 32.6. The second-order valence-electron chi connectivity index (χ2n) is 4.11. The van der Waals surface area contributed by atoms with Crippen molar-refractivity contribution in [3.8, 4) is 0 Å². The molecule has 0 bridgehead atoms. The third-order valence-corrected chi connectivity index (χ3v) is 5.51. The van der Waals surface area contributed by atoms with Gasteiger partial charge in [0.25, 0.3) is 0 Å². The van der Waals surface area contributed by atoms with E-state index in [9.17, 15) is 24.6 Å². The Labute approximate surface area is 121 Å². The molecule has 20 heavy (non-hydrogen) atoms. The predicted octanol–water partition coefficient (Wildman–Crippen LogP) is -1.79. The van der Waals surface area contributed by atoms with Crippen molar-refractivity contribution in [3.63, 3.8) is 0 Å². The molecular weight excluding hydrogens is 339 g/mol. The molecule has 5 atom stereocenters. The molecule has 1 aliphatic rings. The van der Waals surface area contributed by atoms with E-state index in [1.165, 1.54) is 0 Å². The Morgan fingerprint density at radius 3 is 2.00 bits per heavy atom. The van der Waals surface area contributed by atoms with Crippen LogP contribution in [0, 0.1) is 0 Å². The number of aliphatic hydroxyl groups is 2. The molecule has 0 saturated carbocycles. The second kappa shape index (κ2) is 7.03. The van der Waals surface area contributed by atoms with Gasteiger partial charge in [0, 0.05) is 0 Å². The maximum atomic E-state index is 11.6. The molecule has 0 aromatic rings. The molecule has 2 N–H and O–H groups in total. The van der Waals surface area contributed by atoms with Gasteiger partial charge in [0.15, 0.2) is 0 Å². The van der Waals surface area contributed by atoms with Gasteiger partial charge in [-0.25, -0.2) is 0 Å². The summed E-state index contributed by atoms with van der Waals surface area (Å²) in [5.41, 5.74) is 0. The van der Waals surface area contributed by atoms with E-state index in [1.807, 2.05) is 0 Å². The van der Waals surface area contributed by atoms with Gasteiger partial charge < -0.3 is 0 Å². The zero-order chi connectivity index (χ0) is 15.4. The van der Waals surface area contributed by atoms with Crippen LogP contribution in [0.3, 0.4) is 0 Å². The van der Waals surface area contributed by atoms with Crippen LogP contribution in [0.5, 0.6) is 0 Å². The Bertz CT molecular complexity index is 398. The molecule has 0 amide bonds. The third-order valence-electron chi connectivity index (χ3n) is 2.56. The van der Waals surface area contributed by atoms with Crippen LogP contribution in [0.2, 0.25) is 4.82 Å². The summed E-state index contributed by atoms with van der Waals surface area (Å²) in [6.45, 7) is 2.26. The number of aliphatic hydroxyl groups excluding tert-OH is 2. The summed E-state index contributed by atoms with van der Waals surface area (Å²) >= 11 is -0.756. The Balaban J connectivity index is 2.98. The molecule has 0 aromatic heterocycles. The first-order chi connectivity index (χ1) is 9.27. The van der Waals surface area contributed by atoms with Crippen molar-refractivity contribution < 1.29 is 38.8 Å². The van der Waals surface area contributed by atoms with Gasteiger partial charge in [-0.3, -0.25) is 0 Å². The fourth-order valence-corrected chi connectivity index (χ4v) is 4.51. The molecule has 1 unspecified atom stereocenters. The monoisotopic (exact) mass is 356 g/mol. The van der Waals surface area contributed by atoms with Gasteiger partial charge in [0.1, 0.15) is 0 Å². The van der Waals surface area contributed by atoms with Crippen molar-refractivity contribution in [2.45, 2.75) is 42.0 Å². The minimum atomic E-state index is -1.41. The first kappa shape index (κ1) is 16.9. The van der Waals surface area contributed by atoms with Gasteiger partial charge in [0.2, 0.25) is 0 Å². The normalized spacial score (nSPS) is 33.1. The van der Waals surface area contributed by atoms with E-state index in [-0.39, 0.29) is 0 Å². The molecular formula is C11H16O8Se. The summed E-state index contributed by atoms with van der Waals surface area (Å²) in [7, 11) is 1.15. The van der Waals surface area contributed by atoms with Gasteiger partial charge in [-0.2, -0.15) is 0 Å². The summed E-state index contributed by atoms with van der Waals surface area (Å²) in [6.07, 6.45) is -4.15. The average molecular weight is 355 g/mol. The third kappa shape index (κ3) is 3.92. The number of carbonyl (C=O) groups excluding carboxylic acids is 3. The van der Waals surface area contributed by atoms with Gasteiger partial charge in [0.05, 0.1) is 0 Å². The van der Waals surface area contributed by atoms with Crippen LogP contribution in [0.1, 0.15) is 13.8 Å². The first-order valence-corrected chi connectivity index (χ1v) is 7.69. The zero-order valence-corrected chi connectivity index (χ0v) is 12.9. The van der Waals surface area contributed by atoms with Crippen molar-refractivity contribution >= 4 is 32.9 Å². The fourth-order valence-electron chi connectivity index (χ4n) is 1.74. The van der Waals surface area contributed by atoms with Crippen LogP contribution in [0.4, 0.5) is 0 Å². The fraction of sp³-hybridized carbons (Fsp3) is 0.727. The molecule has 1 aliphatic heterocycles. The molecule has 0 spiro atoms. The van der Waals surface area contributed by atoms with Crippen molar-refractivity contribution in [3.05, 3.63) is 0 Å². The number of methoxy groups -OCH3 is 1. The molecule has 1 rings (SSSR count). The van der Waals surface area contributed by atoms with Crippen molar-refractivity contribution in [1.82, 2.24) is 0 Å². The van der Waals surface area contributed by atoms with Crippen LogP contribution in [0.15, 0.2) is 0 Å². The van der Waals surface area contributed by atoms with Gasteiger partial charge in [-0.1, -0.05) is 0 Å². The van der Waals surface area contributed by atoms with E-state index in [1.54, 1.807) is 0 Å². The van der Waals surface area contributed by atoms with Crippen molar-refractivity contribution in [2.75, 3.05) is 7.11 Å². The summed E-state index contributed by atoms with van der Waals surface area (Å²) in [5, 5.41) is 19.1. The number of hydrogen-bond acceptors (Lipinski definition) is 8. The SMILES string of the molecule is COC(=O)C1[Se][C@@H](OC(C)=O)[C@H](O)[C@H](OC(C)=O)[C@H]1O. The Morgan fingerprint density at radius 1 is 1.00 bits per heavy atom. The van der Waals surface area contributed by atoms with E-state index in [0.717, 1.165) is 21.0 Å². The van der Waals surface area contributed by atoms with E-state index < -0.39 is 61.0 Å². The molecule has 9 heteroatoms. The van der Waals surface area contributed by atoms with Crippen LogP contribution in [-0.2, 0) is 28.6 Å². The Morgan fingerprint density at radius 2 is 1.55 bits per heavy atom. The Kier molecular flexibility index (Phi) is 5.94. The van der Waals surface area contributed by atoms with Crippen LogP contribution in [-0.4, -0.2) is 73.5 Å². The maximum absolute atomic E-state index is 11.6. The molecule has 1 saturated heterocycles. The molecule has 1 heterocycles. The van der Waals surface area contributed by atoms with E-state index in [4.69, 9.17) is 9.47 Å². The number of esters is 3. The molecule has 0 aliphatic carbocycles.